The monoisotopic (exact) mass is 321 g/mol. The summed E-state index contributed by atoms with van der Waals surface area (Å²) in [7, 11) is 5.60. The van der Waals surface area contributed by atoms with Crippen molar-refractivity contribution in [1.82, 2.24) is 19.7 Å². The maximum Gasteiger partial charge on any atom is 0.263 e. The molecular weight excluding hydrogens is 302 g/mol. The number of rotatable bonds is 5. The van der Waals surface area contributed by atoms with Crippen molar-refractivity contribution in [3.8, 4) is 0 Å². The lowest BCUT2D eigenvalue weighted by Gasteiger charge is -2.06. The molecule has 118 valence electrons. The SMILES string of the molecule is Cc1ccc(C(=O)Nc2nnc(CCN(C)C)s2)c(=O)n1C. The Balaban J connectivity index is 2.10. The van der Waals surface area contributed by atoms with E-state index >= 15 is 0 Å². The highest BCUT2D eigenvalue weighted by atomic mass is 32.1. The topological polar surface area (TPSA) is 80.1 Å². The Morgan fingerprint density at radius 2 is 2.09 bits per heavy atom. The number of nitrogens with one attached hydrogen (secondary N) is 1. The fourth-order valence-corrected chi connectivity index (χ4v) is 2.51. The van der Waals surface area contributed by atoms with Crippen LogP contribution in [-0.4, -0.2) is 46.2 Å². The summed E-state index contributed by atoms with van der Waals surface area (Å²) in [6.07, 6.45) is 0.771. The minimum atomic E-state index is -0.462. The number of nitrogens with zero attached hydrogens (tertiary/aromatic N) is 4. The van der Waals surface area contributed by atoms with Gasteiger partial charge in [-0.3, -0.25) is 14.9 Å². The van der Waals surface area contributed by atoms with Crippen LogP contribution < -0.4 is 10.9 Å². The lowest BCUT2D eigenvalue weighted by Crippen LogP contribution is -2.28. The van der Waals surface area contributed by atoms with Gasteiger partial charge < -0.3 is 9.47 Å². The molecule has 2 aromatic rings. The van der Waals surface area contributed by atoms with Gasteiger partial charge in [-0.05, 0) is 33.2 Å². The van der Waals surface area contributed by atoms with Gasteiger partial charge in [0.15, 0.2) is 0 Å². The molecule has 2 aromatic heterocycles. The summed E-state index contributed by atoms with van der Waals surface area (Å²) in [5, 5.41) is 11.9. The molecule has 1 N–H and O–H groups in total. The zero-order chi connectivity index (χ0) is 16.3. The number of hydrogen-bond donors (Lipinski definition) is 1. The van der Waals surface area contributed by atoms with Gasteiger partial charge >= 0.3 is 0 Å². The van der Waals surface area contributed by atoms with Gasteiger partial charge in [0.2, 0.25) is 5.13 Å². The molecule has 0 unspecified atom stereocenters. The quantitative estimate of drug-likeness (QED) is 0.885. The molecule has 2 heterocycles. The molecule has 0 saturated heterocycles. The average molecular weight is 321 g/mol. The van der Waals surface area contributed by atoms with Crippen molar-refractivity contribution in [2.75, 3.05) is 26.0 Å². The van der Waals surface area contributed by atoms with Crippen LogP contribution in [0.1, 0.15) is 21.1 Å². The Labute approximate surface area is 132 Å². The Morgan fingerprint density at radius 1 is 1.36 bits per heavy atom. The van der Waals surface area contributed by atoms with E-state index in [1.807, 2.05) is 21.0 Å². The van der Waals surface area contributed by atoms with Crippen molar-refractivity contribution in [3.05, 3.63) is 38.8 Å². The largest absolute Gasteiger partial charge is 0.315 e. The Bertz CT molecular complexity index is 735. The number of likely N-dealkylation sites (N-methyl/N-ethyl adjacent to an activating group) is 1. The molecule has 0 aliphatic carbocycles. The number of aromatic nitrogens is 3. The minimum absolute atomic E-state index is 0.0955. The van der Waals surface area contributed by atoms with E-state index in [1.54, 1.807) is 13.1 Å². The maximum absolute atomic E-state index is 12.2. The molecule has 0 bridgehead atoms. The van der Waals surface area contributed by atoms with Gasteiger partial charge in [-0.25, -0.2) is 0 Å². The highest BCUT2D eigenvalue weighted by Gasteiger charge is 2.14. The van der Waals surface area contributed by atoms with Crippen LogP contribution in [0.3, 0.4) is 0 Å². The highest BCUT2D eigenvalue weighted by molar-refractivity contribution is 7.15. The molecule has 1 amide bonds. The summed E-state index contributed by atoms with van der Waals surface area (Å²) in [6.45, 7) is 2.67. The molecule has 0 aliphatic heterocycles. The third-order valence-electron chi connectivity index (χ3n) is 3.26. The van der Waals surface area contributed by atoms with E-state index in [2.05, 4.69) is 20.4 Å². The minimum Gasteiger partial charge on any atom is -0.315 e. The lowest BCUT2D eigenvalue weighted by atomic mass is 10.2. The van der Waals surface area contributed by atoms with Crippen molar-refractivity contribution in [1.29, 1.82) is 0 Å². The second kappa shape index (κ2) is 6.80. The molecule has 0 aromatic carbocycles. The molecule has 0 fully saturated rings. The number of anilines is 1. The fourth-order valence-electron chi connectivity index (χ4n) is 1.79. The third-order valence-corrected chi connectivity index (χ3v) is 4.16. The van der Waals surface area contributed by atoms with Crippen LogP contribution in [-0.2, 0) is 13.5 Å². The standard InChI is InChI=1S/C14H19N5O2S/c1-9-5-6-10(13(21)19(9)4)12(20)15-14-17-16-11(22-14)7-8-18(2)3/h5-6H,7-8H2,1-4H3,(H,15,17,20). The van der Waals surface area contributed by atoms with Gasteiger partial charge in [0.25, 0.3) is 11.5 Å². The van der Waals surface area contributed by atoms with Crippen LogP contribution in [0.2, 0.25) is 0 Å². The van der Waals surface area contributed by atoms with E-state index in [0.717, 1.165) is 23.7 Å². The Kier molecular flexibility index (Phi) is 5.04. The van der Waals surface area contributed by atoms with Gasteiger partial charge in [-0.1, -0.05) is 11.3 Å². The van der Waals surface area contributed by atoms with E-state index in [-0.39, 0.29) is 11.1 Å². The Hall–Kier alpha value is -2.06. The molecule has 22 heavy (non-hydrogen) atoms. The van der Waals surface area contributed by atoms with E-state index < -0.39 is 5.91 Å². The molecule has 0 atom stereocenters. The predicted molar refractivity (Wildman–Crippen MR) is 86.5 cm³/mol. The number of carbonyl (C=O) groups excluding carboxylic acids is 1. The normalized spacial score (nSPS) is 11.0. The van der Waals surface area contributed by atoms with E-state index in [0.29, 0.717) is 5.13 Å². The first-order valence-corrected chi connectivity index (χ1v) is 7.65. The van der Waals surface area contributed by atoms with Crippen LogP contribution in [0.5, 0.6) is 0 Å². The van der Waals surface area contributed by atoms with Gasteiger partial charge in [-0.2, -0.15) is 0 Å². The fraction of sp³-hybridized carbons (Fsp3) is 0.429. The average Bonchev–Trinajstić information content (AvgIpc) is 2.90. The molecule has 0 spiro atoms. The summed E-state index contributed by atoms with van der Waals surface area (Å²) in [6, 6.07) is 3.26. The molecule has 0 aliphatic rings. The first kappa shape index (κ1) is 16.3. The lowest BCUT2D eigenvalue weighted by molar-refractivity contribution is 0.102. The molecule has 0 radical (unpaired) electrons. The van der Waals surface area contributed by atoms with E-state index in [1.165, 1.54) is 22.0 Å². The summed E-state index contributed by atoms with van der Waals surface area (Å²) >= 11 is 1.32. The molecular formula is C14H19N5O2S. The molecule has 8 heteroatoms. The first-order valence-electron chi connectivity index (χ1n) is 6.83. The number of aryl methyl sites for hydroxylation is 1. The summed E-state index contributed by atoms with van der Waals surface area (Å²) in [5.74, 6) is -0.462. The predicted octanol–water partition coefficient (Wildman–Crippen LogP) is 0.902. The summed E-state index contributed by atoms with van der Waals surface area (Å²) in [4.78, 5) is 26.3. The second-order valence-electron chi connectivity index (χ2n) is 5.26. The van der Waals surface area contributed by atoms with Crippen molar-refractivity contribution < 1.29 is 4.79 Å². The van der Waals surface area contributed by atoms with Crippen LogP contribution in [0.25, 0.3) is 0 Å². The third kappa shape index (κ3) is 3.77. The van der Waals surface area contributed by atoms with Gasteiger partial charge in [0.05, 0.1) is 0 Å². The maximum atomic E-state index is 12.2. The second-order valence-corrected chi connectivity index (χ2v) is 6.32. The van der Waals surface area contributed by atoms with Crippen molar-refractivity contribution in [2.45, 2.75) is 13.3 Å². The van der Waals surface area contributed by atoms with Crippen LogP contribution in [0.15, 0.2) is 16.9 Å². The molecule has 0 saturated carbocycles. The van der Waals surface area contributed by atoms with E-state index in [9.17, 15) is 9.59 Å². The molecule has 2 rings (SSSR count). The van der Waals surface area contributed by atoms with Gasteiger partial charge in [0, 0.05) is 25.7 Å². The summed E-state index contributed by atoms with van der Waals surface area (Å²) < 4.78 is 1.44. The number of pyridine rings is 1. The molecule has 7 nitrogen and oxygen atoms in total. The van der Waals surface area contributed by atoms with Crippen molar-refractivity contribution >= 4 is 22.4 Å². The number of hydrogen-bond acceptors (Lipinski definition) is 6. The number of carbonyl (C=O) groups is 1. The van der Waals surface area contributed by atoms with Crippen LogP contribution in [0.4, 0.5) is 5.13 Å². The highest BCUT2D eigenvalue weighted by Crippen LogP contribution is 2.16. The van der Waals surface area contributed by atoms with Crippen LogP contribution >= 0.6 is 11.3 Å². The van der Waals surface area contributed by atoms with Crippen molar-refractivity contribution in [3.63, 3.8) is 0 Å². The number of amides is 1. The first-order chi connectivity index (χ1) is 10.4. The summed E-state index contributed by atoms with van der Waals surface area (Å²) in [5.41, 5.74) is 0.566. The zero-order valence-corrected chi connectivity index (χ0v) is 13.9. The van der Waals surface area contributed by atoms with Gasteiger partial charge in [-0.15, -0.1) is 10.2 Å². The zero-order valence-electron chi connectivity index (χ0n) is 13.1. The Morgan fingerprint density at radius 3 is 2.77 bits per heavy atom. The van der Waals surface area contributed by atoms with Crippen LogP contribution in [0, 0.1) is 6.92 Å². The van der Waals surface area contributed by atoms with Crippen molar-refractivity contribution in [2.24, 2.45) is 7.05 Å². The van der Waals surface area contributed by atoms with E-state index in [4.69, 9.17) is 0 Å². The smallest absolute Gasteiger partial charge is 0.263 e. The van der Waals surface area contributed by atoms with Gasteiger partial charge in [0.1, 0.15) is 10.6 Å².